The molecule has 2 saturated heterocycles. The van der Waals surface area contributed by atoms with Gasteiger partial charge in [0.1, 0.15) is 6.17 Å². The molecule has 0 bridgehead atoms. The summed E-state index contributed by atoms with van der Waals surface area (Å²) in [6.07, 6.45) is 5.13. The van der Waals surface area contributed by atoms with Crippen LogP contribution in [0.25, 0.3) is 0 Å². The number of likely N-dealkylation sites (tertiary alicyclic amines) is 1. The molecule has 2 aliphatic rings. The Morgan fingerprint density at radius 3 is 2.60 bits per heavy atom. The van der Waals surface area contributed by atoms with E-state index >= 15 is 0 Å². The molecule has 0 aromatic carbocycles. The van der Waals surface area contributed by atoms with E-state index < -0.39 is 24.3 Å². The molecule has 3 amide bonds. The lowest BCUT2D eigenvalue weighted by atomic mass is 9.85. The van der Waals surface area contributed by atoms with Gasteiger partial charge < -0.3 is 29.5 Å². The van der Waals surface area contributed by atoms with Crippen molar-refractivity contribution in [1.82, 2.24) is 35.1 Å². The summed E-state index contributed by atoms with van der Waals surface area (Å²) in [5, 5.41) is 5.67. The lowest BCUT2D eigenvalue weighted by Gasteiger charge is -2.40. The average Bonchev–Trinajstić information content (AvgIpc) is 2.95. The molecule has 218 valence electrons. The summed E-state index contributed by atoms with van der Waals surface area (Å²) in [5.41, 5.74) is -0.308. The first-order valence-electron chi connectivity index (χ1n) is 13.6. The second-order valence-electron chi connectivity index (χ2n) is 10.2. The third-order valence-corrected chi connectivity index (χ3v) is 7.56. The summed E-state index contributed by atoms with van der Waals surface area (Å²) in [6.45, 7) is 6.64. The number of nitrogens with zero attached hydrogens (tertiary/aromatic N) is 7. The quantitative estimate of drug-likeness (QED) is 0.496. The van der Waals surface area contributed by atoms with Gasteiger partial charge in [-0.3, -0.25) is 5.32 Å². The monoisotopic (exact) mass is 559 g/mol. The van der Waals surface area contributed by atoms with Crippen LogP contribution >= 0.6 is 0 Å². The van der Waals surface area contributed by atoms with E-state index in [9.17, 15) is 14.0 Å². The number of hydrogen-bond donors (Lipinski definition) is 2. The predicted molar refractivity (Wildman–Crippen MR) is 146 cm³/mol. The van der Waals surface area contributed by atoms with E-state index in [2.05, 4.69) is 49.4 Å². The Morgan fingerprint density at radius 2 is 1.93 bits per heavy atom. The minimum atomic E-state index is -1.25. The molecule has 0 spiro atoms. The van der Waals surface area contributed by atoms with Crippen molar-refractivity contribution in [3.63, 3.8) is 0 Å². The number of urea groups is 1. The number of carbonyl (C=O) groups excluding carboxylic acids is 2. The van der Waals surface area contributed by atoms with Crippen molar-refractivity contribution in [3.05, 3.63) is 24.7 Å². The fourth-order valence-corrected chi connectivity index (χ4v) is 4.89. The van der Waals surface area contributed by atoms with Crippen molar-refractivity contribution in [2.45, 2.75) is 57.3 Å². The minimum absolute atomic E-state index is 0.0979. The lowest BCUT2D eigenvalue weighted by molar-refractivity contribution is 0.133. The average molecular weight is 560 g/mol. The van der Waals surface area contributed by atoms with Crippen LogP contribution in [-0.4, -0.2) is 106 Å². The molecule has 4 rings (SSSR count). The third-order valence-electron chi connectivity index (χ3n) is 7.56. The Bertz CT molecular complexity index is 1150. The van der Waals surface area contributed by atoms with Gasteiger partial charge in [-0.2, -0.15) is 4.98 Å². The van der Waals surface area contributed by atoms with Crippen LogP contribution in [0.2, 0.25) is 0 Å². The molecular formula is C26H38FN9O4. The van der Waals surface area contributed by atoms with Crippen LogP contribution in [0.5, 0.6) is 11.8 Å². The van der Waals surface area contributed by atoms with Crippen LogP contribution < -0.4 is 25.0 Å². The fraction of sp³-hybridized carbons (Fsp3) is 0.615. The zero-order chi connectivity index (χ0) is 28.7. The number of halogens is 1. The first-order valence-corrected chi connectivity index (χ1v) is 13.6. The van der Waals surface area contributed by atoms with Gasteiger partial charge >= 0.3 is 12.1 Å². The van der Waals surface area contributed by atoms with Gasteiger partial charge in [0.15, 0.2) is 5.82 Å². The highest BCUT2D eigenvalue weighted by molar-refractivity contribution is 5.88. The molecule has 14 heteroatoms. The van der Waals surface area contributed by atoms with Gasteiger partial charge in [0, 0.05) is 51.0 Å². The largest absolute Gasteiger partial charge is 0.477 e. The molecule has 40 heavy (non-hydrogen) atoms. The summed E-state index contributed by atoms with van der Waals surface area (Å²) in [5.74, 6) is 0.953. The molecule has 0 saturated carbocycles. The number of piperidine rings is 2. The highest BCUT2D eigenvalue weighted by atomic mass is 19.1. The van der Waals surface area contributed by atoms with Crippen LogP contribution in [-0.2, 0) is 0 Å². The molecule has 2 aromatic rings. The number of ether oxygens (including phenoxy) is 2. The van der Waals surface area contributed by atoms with Crippen molar-refractivity contribution >= 4 is 23.9 Å². The molecule has 0 radical (unpaired) electrons. The molecule has 2 N–H and O–H groups in total. The Morgan fingerprint density at radius 1 is 1.15 bits per heavy atom. The molecule has 2 aromatic heterocycles. The summed E-state index contributed by atoms with van der Waals surface area (Å²) >= 11 is 0. The molecule has 0 aliphatic carbocycles. The maximum absolute atomic E-state index is 15.0. The molecule has 0 unspecified atom stereocenters. The second-order valence-corrected chi connectivity index (χ2v) is 10.2. The van der Waals surface area contributed by atoms with E-state index in [1.165, 1.54) is 36.6 Å². The van der Waals surface area contributed by atoms with E-state index in [1.54, 1.807) is 4.90 Å². The van der Waals surface area contributed by atoms with Crippen molar-refractivity contribution in [3.8, 4) is 11.8 Å². The molecule has 2 atom stereocenters. The Kier molecular flexibility index (Phi) is 9.50. The van der Waals surface area contributed by atoms with Gasteiger partial charge in [-0.1, -0.05) is 6.92 Å². The number of amides is 3. The third kappa shape index (κ3) is 7.23. The van der Waals surface area contributed by atoms with Gasteiger partial charge in [0.05, 0.1) is 25.0 Å². The normalized spacial score (nSPS) is 20.9. The van der Waals surface area contributed by atoms with Crippen molar-refractivity contribution in [2.24, 2.45) is 0 Å². The number of carbonyl (C=O) groups is 2. The van der Waals surface area contributed by atoms with E-state index in [4.69, 9.17) is 9.47 Å². The van der Waals surface area contributed by atoms with Crippen LogP contribution in [0.1, 0.15) is 39.5 Å². The van der Waals surface area contributed by atoms with Crippen LogP contribution in [0.4, 0.5) is 25.7 Å². The summed E-state index contributed by atoms with van der Waals surface area (Å²) in [6, 6.07) is 0.212. The van der Waals surface area contributed by atoms with Gasteiger partial charge in [-0.25, -0.2) is 28.9 Å². The number of nitrogens with one attached hydrogen (secondary N) is 2. The summed E-state index contributed by atoms with van der Waals surface area (Å²) in [4.78, 5) is 47.8. The van der Waals surface area contributed by atoms with Crippen LogP contribution in [0.3, 0.4) is 0 Å². The zero-order valence-corrected chi connectivity index (χ0v) is 23.5. The van der Waals surface area contributed by atoms with E-state index in [0.717, 1.165) is 32.4 Å². The number of hydrogen-bond acceptors (Lipinski definition) is 10. The number of anilines is 2. The van der Waals surface area contributed by atoms with E-state index in [0.29, 0.717) is 19.0 Å². The molecule has 13 nitrogen and oxygen atoms in total. The van der Waals surface area contributed by atoms with Crippen LogP contribution in [0.15, 0.2) is 24.7 Å². The smallest absolute Gasteiger partial charge is 0.414 e. The summed E-state index contributed by atoms with van der Waals surface area (Å²) < 4.78 is 25.7. The Labute approximate surface area is 233 Å². The zero-order valence-electron chi connectivity index (χ0n) is 23.5. The van der Waals surface area contributed by atoms with E-state index in [1.807, 2.05) is 6.92 Å². The number of alkyl halides is 1. The molecular weight excluding hydrogens is 521 g/mol. The van der Waals surface area contributed by atoms with Gasteiger partial charge in [0.2, 0.25) is 17.7 Å². The molecule has 4 heterocycles. The number of aromatic nitrogens is 4. The fourth-order valence-electron chi connectivity index (χ4n) is 4.89. The summed E-state index contributed by atoms with van der Waals surface area (Å²) in [7, 11) is 3.59. The highest BCUT2D eigenvalue weighted by Gasteiger charge is 2.36. The molecule has 2 aliphatic heterocycles. The SMILES string of the molecule is CCOc1cnc(NC(=O)N(C)[C@H]2CN(c3nccc(OC(=O)NC4(CC)CCN(C)CC4)n3)CC[C@H]2F)cn1. The van der Waals surface area contributed by atoms with Crippen molar-refractivity contribution < 1.29 is 23.5 Å². The van der Waals surface area contributed by atoms with Crippen molar-refractivity contribution in [1.29, 1.82) is 0 Å². The van der Waals surface area contributed by atoms with Gasteiger partial charge in [0.25, 0.3) is 0 Å². The molecule has 2 fully saturated rings. The highest BCUT2D eigenvalue weighted by Crippen LogP contribution is 2.26. The standard InChI is InChI=1S/C26H38FN9O4/c1-5-26(9-13-34(3)14-10-26)33-25(38)40-21-7-11-28-23(32-21)36-12-8-18(27)19(17-36)35(4)24(37)31-20-15-30-22(16-29-20)39-6-2/h7,11,15-16,18-19H,5-6,8-10,12-14,17H2,1-4H3,(H,33,38)(H,29,31,37)/t18-,19+/m1/s1. The number of rotatable bonds is 8. The minimum Gasteiger partial charge on any atom is -0.477 e. The topological polar surface area (TPSA) is 138 Å². The van der Waals surface area contributed by atoms with Gasteiger partial charge in [-0.05, 0) is 39.7 Å². The first kappa shape index (κ1) is 29.2. The Balaban J connectivity index is 1.36. The first-order chi connectivity index (χ1) is 19.2. The maximum Gasteiger partial charge on any atom is 0.414 e. The van der Waals surface area contributed by atoms with Crippen molar-refractivity contribution in [2.75, 3.05) is 57.1 Å². The lowest BCUT2D eigenvalue weighted by Crippen LogP contribution is -2.55. The van der Waals surface area contributed by atoms with Crippen LogP contribution in [0, 0.1) is 0 Å². The Hall–Kier alpha value is -3.81. The number of likely N-dealkylation sites (N-methyl/N-ethyl adjacent to an activating group) is 1. The maximum atomic E-state index is 15.0. The predicted octanol–water partition coefficient (Wildman–Crippen LogP) is 2.71. The second kappa shape index (κ2) is 13.0. The van der Waals surface area contributed by atoms with Gasteiger partial charge in [-0.15, -0.1) is 0 Å². The van der Waals surface area contributed by atoms with E-state index in [-0.39, 0.29) is 36.2 Å².